The molecular weight excluding hydrogens is 236 g/mol. The number of rotatable bonds is 5. The molecule has 2 aromatic rings. The minimum Gasteiger partial charge on any atom is -0.315 e. The van der Waals surface area contributed by atoms with Gasteiger partial charge in [0.25, 0.3) is 0 Å². The van der Waals surface area contributed by atoms with Gasteiger partial charge in [-0.3, -0.25) is 9.48 Å². The molecule has 0 bridgehead atoms. The third-order valence-corrected chi connectivity index (χ3v) is 3.30. The zero-order valence-corrected chi connectivity index (χ0v) is 10.8. The molecule has 0 radical (unpaired) electrons. The van der Waals surface area contributed by atoms with E-state index >= 15 is 0 Å². The van der Waals surface area contributed by atoms with Crippen LogP contribution in [0.3, 0.4) is 0 Å². The lowest BCUT2D eigenvalue weighted by Gasteiger charge is -2.03. The first-order valence-electron chi connectivity index (χ1n) is 5.58. The van der Waals surface area contributed by atoms with E-state index in [1.54, 1.807) is 0 Å². The fourth-order valence-corrected chi connectivity index (χ4v) is 2.22. The number of nitrogens with zero attached hydrogens (tertiary/aromatic N) is 2. The van der Waals surface area contributed by atoms with E-state index in [1.165, 1.54) is 11.3 Å². The maximum atomic E-state index is 10.9. The second kappa shape index (κ2) is 5.29. The summed E-state index contributed by atoms with van der Waals surface area (Å²) >= 11 is 1.19. The molecule has 5 nitrogen and oxygen atoms in total. The summed E-state index contributed by atoms with van der Waals surface area (Å²) in [5, 5.41) is 9.51. The molecule has 2 N–H and O–H groups in total. The molecule has 0 aliphatic heterocycles. The van der Waals surface area contributed by atoms with Gasteiger partial charge in [-0.15, -0.1) is 0 Å². The summed E-state index contributed by atoms with van der Waals surface area (Å²) in [5.74, 6) is 0. The van der Waals surface area contributed by atoms with Gasteiger partial charge >= 0.3 is 4.87 Å². The maximum Gasteiger partial charge on any atom is 0.304 e. The van der Waals surface area contributed by atoms with E-state index < -0.39 is 0 Å². The van der Waals surface area contributed by atoms with E-state index in [2.05, 4.69) is 28.4 Å². The van der Waals surface area contributed by atoms with Gasteiger partial charge in [0.15, 0.2) is 0 Å². The molecule has 2 rings (SSSR count). The molecule has 0 aromatic carbocycles. The van der Waals surface area contributed by atoms with Crippen molar-refractivity contribution in [2.75, 3.05) is 0 Å². The first-order valence-corrected chi connectivity index (χ1v) is 6.46. The van der Waals surface area contributed by atoms with Crippen LogP contribution in [-0.4, -0.2) is 14.8 Å². The van der Waals surface area contributed by atoms with Crippen molar-refractivity contribution in [3.05, 3.63) is 38.2 Å². The molecule has 17 heavy (non-hydrogen) atoms. The molecule has 0 saturated carbocycles. The molecular formula is C11H16N4OS. The summed E-state index contributed by atoms with van der Waals surface area (Å²) in [6.45, 7) is 3.52. The SMILES string of the molecule is CCc1cc(CNCc2csc(=O)[nH]2)n(C)n1. The highest BCUT2D eigenvalue weighted by Gasteiger charge is 2.03. The van der Waals surface area contributed by atoms with E-state index in [9.17, 15) is 4.79 Å². The number of hydrogen-bond acceptors (Lipinski definition) is 4. The van der Waals surface area contributed by atoms with Crippen LogP contribution in [0.1, 0.15) is 24.0 Å². The zero-order valence-electron chi connectivity index (χ0n) is 9.99. The van der Waals surface area contributed by atoms with Crippen molar-refractivity contribution in [2.24, 2.45) is 7.05 Å². The summed E-state index contributed by atoms with van der Waals surface area (Å²) in [6.07, 6.45) is 0.950. The van der Waals surface area contributed by atoms with Crippen LogP contribution in [0.2, 0.25) is 0 Å². The van der Waals surface area contributed by atoms with E-state index in [1.807, 2.05) is 17.1 Å². The van der Waals surface area contributed by atoms with Crippen LogP contribution in [-0.2, 0) is 26.6 Å². The number of H-pyrrole nitrogens is 1. The Kier molecular flexibility index (Phi) is 3.75. The summed E-state index contributed by atoms with van der Waals surface area (Å²) in [5.41, 5.74) is 3.19. The molecule has 0 aliphatic carbocycles. The molecule has 0 fully saturated rings. The predicted octanol–water partition coefficient (Wildman–Crippen LogP) is 1.02. The van der Waals surface area contributed by atoms with Crippen molar-refractivity contribution < 1.29 is 0 Å². The number of hydrogen-bond donors (Lipinski definition) is 2. The highest BCUT2D eigenvalue weighted by atomic mass is 32.1. The summed E-state index contributed by atoms with van der Waals surface area (Å²) in [7, 11) is 1.95. The Labute approximate surface area is 103 Å². The van der Waals surface area contributed by atoms with Crippen LogP contribution in [0.5, 0.6) is 0 Å². The van der Waals surface area contributed by atoms with Gasteiger partial charge in [-0.25, -0.2) is 0 Å². The molecule has 0 unspecified atom stereocenters. The minimum absolute atomic E-state index is 0.00407. The highest BCUT2D eigenvalue weighted by Crippen LogP contribution is 2.04. The molecule has 92 valence electrons. The van der Waals surface area contributed by atoms with Crippen molar-refractivity contribution in [3.63, 3.8) is 0 Å². The monoisotopic (exact) mass is 252 g/mol. The molecule has 6 heteroatoms. The molecule has 0 spiro atoms. The first kappa shape index (κ1) is 12.1. The van der Waals surface area contributed by atoms with Gasteiger partial charge in [0.1, 0.15) is 0 Å². The van der Waals surface area contributed by atoms with Crippen LogP contribution in [0.15, 0.2) is 16.2 Å². The lowest BCUT2D eigenvalue weighted by molar-refractivity contribution is 0.618. The van der Waals surface area contributed by atoms with Gasteiger partial charge in [-0.2, -0.15) is 5.10 Å². The Morgan fingerprint density at radius 2 is 2.35 bits per heavy atom. The average Bonchev–Trinajstić information content (AvgIpc) is 2.86. The van der Waals surface area contributed by atoms with Crippen molar-refractivity contribution in [1.29, 1.82) is 0 Å². The fourth-order valence-electron chi connectivity index (χ4n) is 1.64. The Morgan fingerprint density at radius 3 is 2.94 bits per heavy atom. The van der Waals surface area contributed by atoms with E-state index in [-0.39, 0.29) is 4.87 Å². The van der Waals surface area contributed by atoms with Crippen LogP contribution >= 0.6 is 11.3 Å². The average molecular weight is 252 g/mol. The molecule has 0 saturated heterocycles. The Morgan fingerprint density at radius 1 is 1.53 bits per heavy atom. The number of aryl methyl sites for hydroxylation is 2. The van der Waals surface area contributed by atoms with Crippen molar-refractivity contribution in [3.8, 4) is 0 Å². The van der Waals surface area contributed by atoms with E-state index in [0.29, 0.717) is 6.54 Å². The van der Waals surface area contributed by atoms with Gasteiger partial charge in [0.05, 0.1) is 11.4 Å². The third-order valence-electron chi connectivity index (χ3n) is 2.58. The van der Waals surface area contributed by atoms with Crippen molar-refractivity contribution in [1.82, 2.24) is 20.1 Å². The van der Waals surface area contributed by atoms with Gasteiger partial charge < -0.3 is 10.3 Å². The highest BCUT2D eigenvalue weighted by molar-refractivity contribution is 7.07. The van der Waals surface area contributed by atoms with Gasteiger partial charge in [0, 0.05) is 31.2 Å². The van der Waals surface area contributed by atoms with Crippen LogP contribution < -0.4 is 10.2 Å². The Bertz CT molecular complexity index is 540. The quantitative estimate of drug-likeness (QED) is 0.835. The second-order valence-electron chi connectivity index (χ2n) is 3.88. The van der Waals surface area contributed by atoms with Gasteiger partial charge in [-0.1, -0.05) is 18.3 Å². The maximum absolute atomic E-state index is 10.9. The Balaban J connectivity index is 1.89. The molecule has 0 aliphatic rings. The first-order chi connectivity index (χ1) is 8.19. The number of aromatic amines is 1. The van der Waals surface area contributed by atoms with Crippen molar-refractivity contribution >= 4 is 11.3 Å². The molecule has 0 amide bonds. The molecule has 0 atom stereocenters. The van der Waals surface area contributed by atoms with Crippen LogP contribution in [0.25, 0.3) is 0 Å². The van der Waals surface area contributed by atoms with E-state index in [4.69, 9.17) is 0 Å². The fraction of sp³-hybridized carbons (Fsp3) is 0.455. The largest absolute Gasteiger partial charge is 0.315 e. The number of thiazole rings is 1. The summed E-state index contributed by atoms with van der Waals surface area (Å²) in [4.78, 5) is 13.7. The summed E-state index contributed by atoms with van der Waals surface area (Å²) in [6, 6.07) is 2.10. The van der Waals surface area contributed by atoms with Crippen LogP contribution in [0, 0.1) is 0 Å². The second-order valence-corrected chi connectivity index (χ2v) is 4.72. The predicted molar refractivity (Wildman–Crippen MR) is 68.1 cm³/mol. The summed E-state index contributed by atoms with van der Waals surface area (Å²) < 4.78 is 1.89. The molecule has 2 aromatic heterocycles. The zero-order chi connectivity index (χ0) is 12.3. The normalized spacial score (nSPS) is 10.9. The smallest absolute Gasteiger partial charge is 0.304 e. The van der Waals surface area contributed by atoms with Gasteiger partial charge in [-0.05, 0) is 12.5 Å². The topological polar surface area (TPSA) is 62.7 Å². The minimum atomic E-state index is -0.00407. The standard InChI is InChI=1S/C11H16N4OS/c1-3-8-4-10(15(2)14-8)6-12-5-9-7-17-11(16)13-9/h4,7,12H,3,5-6H2,1-2H3,(H,13,16). The number of aromatic nitrogens is 3. The number of nitrogens with one attached hydrogen (secondary N) is 2. The Hall–Kier alpha value is -1.40. The molecule has 2 heterocycles. The third kappa shape index (κ3) is 3.04. The lowest BCUT2D eigenvalue weighted by Crippen LogP contribution is -2.16. The van der Waals surface area contributed by atoms with Crippen LogP contribution in [0.4, 0.5) is 0 Å². The lowest BCUT2D eigenvalue weighted by atomic mass is 10.3. The van der Waals surface area contributed by atoms with Gasteiger partial charge in [0.2, 0.25) is 0 Å². The van der Waals surface area contributed by atoms with Crippen molar-refractivity contribution in [2.45, 2.75) is 26.4 Å². The van der Waals surface area contributed by atoms with E-state index in [0.717, 1.165) is 30.0 Å².